The highest BCUT2D eigenvalue weighted by molar-refractivity contribution is 7.98. The second-order valence-electron chi connectivity index (χ2n) is 5.58. The number of methoxy groups -OCH3 is 1. The third-order valence-corrected chi connectivity index (χ3v) is 5.56. The first-order valence-corrected chi connectivity index (χ1v) is 10.2. The Morgan fingerprint density at radius 2 is 2.04 bits per heavy atom. The Kier molecular flexibility index (Phi) is 5.92. The number of benzene rings is 2. The number of thiazole rings is 1. The van der Waals surface area contributed by atoms with E-state index < -0.39 is 10.8 Å². The minimum absolute atomic E-state index is 0.0597. The standard InChI is InChI=1S/C18H17N3O4S2/c1-25-14-7-8-15-16(11-14)27-18(20(15)9-10-26-2)19-17(22)12-3-5-13(6-4-12)21(23)24/h3-8,11H,9-10H2,1-2H3. The molecular weight excluding hydrogens is 386 g/mol. The molecule has 0 fully saturated rings. The van der Waals surface area contributed by atoms with E-state index in [1.165, 1.54) is 35.6 Å². The summed E-state index contributed by atoms with van der Waals surface area (Å²) in [7, 11) is 1.61. The number of nitro benzene ring substituents is 1. The number of aromatic nitrogens is 1. The van der Waals surface area contributed by atoms with E-state index in [1.54, 1.807) is 18.9 Å². The van der Waals surface area contributed by atoms with E-state index in [0.29, 0.717) is 10.4 Å². The fourth-order valence-electron chi connectivity index (χ4n) is 2.54. The fourth-order valence-corrected chi connectivity index (χ4v) is 3.99. The Bertz CT molecular complexity index is 1050. The van der Waals surface area contributed by atoms with Gasteiger partial charge >= 0.3 is 0 Å². The summed E-state index contributed by atoms with van der Waals surface area (Å²) in [5.74, 6) is 1.20. The summed E-state index contributed by atoms with van der Waals surface area (Å²) in [4.78, 5) is 27.7. The number of ether oxygens (including phenoxy) is 1. The molecule has 0 N–H and O–H groups in total. The van der Waals surface area contributed by atoms with Gasteiger partial charge in [-0.25, -0.2) is 0 Å². The molecule has 1 amide bonds. The molecule has 0 unspecified atom stereocenters. The minimum Gasteiger partial charge on any atom is -0.497 e. The summed E-state index contributed by atoms with van der Waals surface area (Å²) >= 11 is 3.13. The predicted octanol–water partition coefficient (Wildman–Crippen LogP) is 3.72. The van der Waals surface area contributed by atoms with Crippen molar-refractivity contribution in [2.75, 3.05) is 19.1 Å². The topological polar surface area (TPSA) is 86.7 Å². The van der Waals surface area contributed by atoms with Crippen LogP contribution in [0.25, 0.3) is 10.2 Å². The largest absolute Gasteiger partial charge is 0.497 e. The lowest BCUT2D eigenvalue weighted by Crippen LogP contribution is -2.18. The van der Waals surface area contributed by atoms with Gasteiger partial charge in [0.1, 0.15) is 5.75 Å². The van der Waals surface area contributed by atoms with Crippen LogP contribution in [0.3, 0.4) is 0 Å². The van der Waals surface area contributed by atoms with Gasteiger partial charge in [-0.3, -0.25) is 14.9 Å². The zero-order valence-corrected chi connectivity index (χ0v) is 16.4. The van der Waals surface area contributed by atoms with Crippen molar-refractivity contribution >= 4 is 44.9 Å². The number of non-ortho nitro benzene ring substituents is 1. The third kappa shape index (κ3) is 4.20. The monoisotopic (exact) mass is 403 g/mol. The van der Waals surface area contributed by atoms with Crippen molar-refractivity contribution in [1.82, 2.24) is 4.57 Å². The average Bonchev–Trinajstić information content (AvgIpc) is 3.02. The molecule has 3 rings (SSSR count). The first kappa shape index (κ1) is 19.1. The lowest BCUT2D eigenvalue weighted by Gasteiger charge is -2.04. The van der Waals surface area contributed by atoms with Crippen molar-refractivity contribution in [2.24, 2.45) is 4.99 Å². The van der Waals surface area contributed by atoms with Crippen LogP contribution in [0.15, 0.2) is 47.5 Å². The van der Waals surface area contributed by atoms with Gasteiger partial charge < -0.3 is 9.30 Å². The molecule has 1 aromatic heterocycles. The highest BCUT2D eigenvalue weighted by Gasteiger charge is 2.12. The molecule has 1 heterocycles. The van der Waals surface area contributed by atoms with Gasteiger partial charge in [-0.2, -0.15) is 16.8 Å². The summed E-state index contributed by atoms with van der Waals surface area (Å²) in [6.45, 7) is 0.722. The van der Waals surface area contributed by atoms with E-state index in [0.717, 1.165) is 28.3 Å². The van der Waals surface area contributed by atoms with Crippen LogP contribution in [0.5, 0.6) is 5.75 Å². The minimum atomic E-state index is -0.499. The SMILES string of the molecule is COc1ccc2c(c1)sc(=NC(=O)c1ccc([N+](=O)[O-])cc1)n2CCSC. The van der Waals surface area contributed by atoms with E-state index in [2.05, 4.69) is 4.99 Å². The zero-order chi connectivity index (χ0) is 19.4. The number of hydrogen-bond donors (Lipinski definition) is 0. The number of aryl methyl sites for hydroxylation is 1. The highest BCUT2D eigenvalue weighted by Crippen LogP contribution is 2.23. The van der Waals surface area contributed by atoms with Gasteiger partial charge in [-0.05, 0) is 36.6 Å². The molecule has 0 saturated carbocycles. The van der Waals surface area contributed by atoms with Crippen LogP contribution >= 0.6 is 23.1 Å². The van der Waals surface area contributed by atoms with Crippen molar-refractivity contribution in [2.45, 2.75) is 6.54 Å². The maximum atomic E-state index is 12.5. The molecule has 9 heteroatoms. The first-order chi connectivity index (χ1) is 13.0. The number of rotatable bonds is 6. The molecule has 0 saturated heterocycles. The van der Waals surface area contributed by atoms with Crippen molar-refractivity contribution < 1.29 is 14.5 Å². The molecule has 140 valence electrons. The van der Waals surface area contributed by atoms with Crippen LogP contribution in [0, 0.1) is 10.1 Å². The molecule has 2 aromatic carbocycles. The average molecular weight is 403 g/mol. The first-order valence-electron chi connectivity index (χ1n) is 8.03. The van der Waals surface area contributed by atoms with E-state index in [4.69, 9.17) is 4.74 Å². The molecule has 0 spiro atoms. The summed E-state index contributed by atoms with van der Waals surface area (Å²) in [6.07, 6.45) is 2.02. The molecule has 0 aliphatic heterocycles. The van der Waals surface area contributed by atoms with Crippen LogP contribution < -0.4 is 9.54 Å². The van der Waals surface area contributed by atoms with Crippen molar-refractivity contribution in [3.8, 4) is 5.75 Å². The van der Waals surface area contributed by atoms with Crippen LogP contribution in [0.2, 0.25) is 0 Å². The van der Waals surface area contributed by atoms with Crippen LogP contribution in [-0.2, 0) is 6.54 Å². The summed E-state index contributed by atoms with van der Waals surface area (Å²) in [5, 5.41) is 10.8. The van der Waals surface area contributed by atoms with Crippen molar-refractivity contribution in [3.05, 3.63) is 62.9 Å². The summed E-state index contributed by atoms with van der Waals surface area (Å²) in [6, 6.07) is 11.2. The lowest BCUT2D eigenvalue weighted by molar-refractivity contribution is -0.384. The van der Waals surface area contributed by atoms with Crippen LogP contribution in [-0.4, -0.2) is 34.5 Å². The van der Waals surface area contributed by atoms with E-state index in [1.807, 2.05) is 29.0 Å². The number of carbonyl (C=O) groups excluding carboxylic acids is 1. The van der Waals surface area contributed by atoms with Crippen molar-refractivity contribution in [3.63, 3.8) is 0 Å². The lowest BCUT2D eigenvalue weighted by atomic mass is 10.2. The molecule has 0 aliphatic carbocycles. The number of fused-ring (bicyclic) bond motifs is 1. The number of hydrogen-bond acceptors (Lipinski definition) is 6. The van der Waals surface area contributed by atoms with Gasteiger partial charge in [-0.1, -0.05) is 11.3 Å². The maximum Gasteiger partial charge on any atom is 0.279 e. The zero-order valence-electron chi connectivity index (χ0n) is 14.7. The van der Waals surface area contributed by atoms with E-state index in [9.17, 15) is 14.9 Å². The Morgan fingerprint density at radius 1 is 1.30 bits per heavy atom. The summed E-state index contributed by atoms with van der Waals surface area (Å²) in [5.41, 5.74) is 1.24. The fraction of sp³-hybridized carbons (Fsp3) is 0.222. The molecule has 27 heavy (non-hydrogen) atoms. The molecule has 0 atom stereocenters. The van der Waals surface area contributed by atoms with Crippen LogP contribution in [0.1, 0.15) is 10.4 Å². The number of nitrogens with zero attached hydrogens (tertiary/aromatic N) is 3. The molecule has 0 radical (unpaired) electrons. The molecule has 0 bridgehead atoms. The van der Waals surface area contributed by atoms with Gasteiger partial charge in [0, 0.05) is 30.0 Å². The van der Waals surface area contributed by atoms with Gasteiger partial charge in [0.2, 0.25) is 0 Å². The number of carbonyl (C=O) groups is 1. The molecule has 7 nitrogen and oxygen atoms in total. The number of nitro groups is 1. The maximum absolute atomic E-state index is 12.5. The van der Waals surface area contributed by atoms with Gasteiger partial charge in [0.15, 0.2) is 4.80 Å². The van der Waals surface area contributed by atoms with E-state index >= 15 is 0 Å². The molecular formula is C18H17N3O4S2. The molecule has 3 aromatic rings. The van der Waals surface area contributed by atoms with E-state index in [-0.39, 0.29) is 5.69 Å². The highest BCUT2D eigenvalue weighted by atomic mass is 32.2. The second kappa shape index (κ2) is 8.36. The second-order valence-corrected chi connectivity index (χ2v) is 7.58. The van der Waals surface area contributed by atoms with Gasteiger partial charge in [0.25, 0.3) is 11.6 Å². The quantitative estimate of drug-likeness (QED) is 0.462. The van der Waals surface area contributed by atoms with Gasteiger partial charge in [0.05, 0.1) is 22.2 Å². The summed E-state index contributed by atoms with van der Waals surface area (Å²) < 4.78 is 8.26. The number of thioether (sulfide) groups is 1. The number of amides is 1. The Labute approximate surface area is 163 Å². The normalized spacial score (nSPS) is 11.7. The van der Waals surface area contributed by atoms with Gasteiger partial charge in [-0.15, -0.1) is 0 Å². The smallest absolute Gasteiger partial charge is 0.279 e. The Morgan fingerprint density at radius 3 is 2.67 bits per heavy atom. The Hall–Kier alpha value is -2.65. The molecule has 0 aliphatic rings. The van der Waals surface area contributed by atoms with Crippen molar-refractivity contribution in [1.29, 1.82) is 0 Å². The van der Waals surface area contributed by atoms with Crippen LogP contribution in [0.4, 0.5) is 5.69 Å². The predicted molar refractivity (Wildman–Crippen MR) is 108 cm³/mol. The third-order valence-electron chi connectivity index (χ3n) is 3.93. The Balaban J connectivity index is 2.04.